The van der Waals surface area contributed by atoms with E-state index < -0.39 is 11.4 Å². The average molecular weight is 554 g/mol. The van der Waals surface area contributed by atoms with Crippen LogP contribution in [0.4, 0.5) is 10.2 Å². The zero-order valence-corrected chi connectivity index (χ0v) is 23.3. The molecule has 9 nitrogen and oxygen atoms in total. The minimum absolute atomic E-state index is 0.00773. The number of anilines is 1. The molecule has 3 saturated heterocycles. The molecule has 0 amide bonds. The third kappa shape index (κ3) is 5.85. The van der Waals surface area contributed by atoms with E-state index in [9.17, 15) is 14.8 Å². The molecule has 3 unspecified atom stereocenters. The number of piperazine rings is 1. The Morgan fingerprint density at radius 2 is 2.00 bits per heavy atom. The van der Waals surface area contributed by atoms with Crippen molar-refractivity contribution in [3.05, 3.63) is 71.7 Å². The Labute approximate surface area is 239 Å². The molecule has 6 heterocycles. The number of aromatic nitrogens is 3. The normalized spacial score (nSPS) is 19.8. The lowest BCUT2D eigenvalue weighted by molar-refractivity contribution is -0.00884. The Morgan fingerprint density at radius 3 is 2.61 bits per heavy atom. The maximum absolute atomic E-state index is 14.1. The lowest BCUT2D eigenvalue weighted by Crippen LogP contribution is -2.68. The van der Waals surface area contributed by atoms with E-state index in [2.05, 4.69) is 37.7 Å². The maximum atomic E-state index is 14.1. The SMILES string of the molecule is CCC(C)(O)C#Cc1cnc(C(C#N)=CN)c(-c2ccc(N3CC4CC(C3)N4Cc3cnc(OC)c(F)c3)nc2)c1. The van der Waals surface area contributed by atoms with Gasteiger partial charge in [0.25, 0.3) is 0 Å². The summed E-state index contributed by atoms with van der Waals surface area (Å²) in [5.41, 5.74) is 8.18. The smallest absolute Gasteiger partial charge is 0.250 e. The largest absolute Gasteiger partial charge is 0.479 e. The minimum atomic E-state index is -1.11. The van der Waals surface area contributed by atoms with Gasteiger partial charge in [-0.25, -0.2) is 14.4 Å². The molecule has 3 fully saturated rings. The van der Waals surface area contributed by atoms with Crippen LogP contribution >= 0.6 is 0 Å². The molecule has 6 rings (SSSR count). The van der Waals surface area contributed by atoms with Gasteiger partial charge in [0.15, 0.2) is 5.82 Å². The van der Waals surface area contributed by atoms with Gasteiger partial charge in [0.1, 0.15) is 17.5 Å². The zero-order valence-electron chi connectivity index (χ0n) is 23.3. The number of methoxy groups -OCH3 is 1. The molecule has 0 aromatic carbocycles. The number of halogens is 1. The van der Waals surface area contributed by atoms with Gasteiger partial charge in [-0.05, 0) is 49.6 Å². The second-order valence-electron chi connectivity index (χ2n) is 10.6. The predicted molar refractivity (Wildman–Crippen MR) is 154 cm³/mol. The van der Waals surface area contributed by atoms with Crippen LogP contribution in [0.1, 0.15) is 43.5 Å². The van der Waals surface area contributed by atoms with Crippen LogP contribution in [0.2, 0.25) is 0 Å². The number of rotatable bonds is 7. The topological polar surface area (TPSA) is 124 Å². The van der Waals surface area contributed by atoms with Crippen LogP contribution in [0.3, 0.4) is 0 Å². The summed E-state index contributed by atoms with van der Waals surface area (Å²) in [6, 6.07) is 10.0. The lowest BCUT2D eigenvalue weighted by atomic mass is 9.87. The minimum Gasteiger partial charge on any atom is -0.479 e. The highest BCUT2D eigenvalue weighted by molar-refractivity contribution is 5.85. The van der Waals surface area contributed by atoms with Gasteiger partial charge in [0, 0.05) is 73.2 Å². The molecule has 2 bridgehead atoms. The van der Waals surface area contributed by atoms with Crippen LogP contribution in [0.15, 0.2) is 49.1 Å². The number of nitrogens with zero attached hydrogens (tertiary/aromatic N) is 6. The van der Waals surface area contributed by atoms with Crippen LogP contribution in [-0.2, 0) is 6.54 Å². The van der Waals surface area contributed by atoms with Crippen LogP contribution in [-0.4, -0.2) is 62.8 Å². The summed E-state index contributed by atoms with van der Waals surface area (Å²) in [6.45, 7) is 5.80. The van der Waals surface area contributed by atoms with Gasteiger partial charge < -0.3 is 20.5 Å². The standard InChI is InChI=1S/C31H32FN7O2/c1-4-31(2,40)8-7-20-9-26(29(36-14-20)23(12-33)13-34)22-5-6-28(35-16-22)38-18-24-11-25(19-38)39(24)17-21-10-27(32)30(41-3)37-15-21/h5-6,9-10,12,14-16,24-25,40H,4,11,17-19,33H2,1-3H3. The first-order valence-electron chi connectivity index (χ1n) is 13.5. The molecule has 3 aliphatic heterocycles. The van der Waals surface area contributed by atoms with Gasteiger partial charge in [0.2, 0.25) is 5.88 Å². The molecular formula is C31H32FN7O2. The van der Waals surface area contributed by atoms with Crippen molar-refractivity contribution in [3.8, 4) is 34.9 Å². The van der Waals surface area contributed by atoms with Crippen LogP contribution in [0.5, 0.6) is 5.88 Å². The summed E-state index contributed by atoms with van der Waals surface area (Å²) in [4.78, 5) is 17.9. The van der Waals surface area contributed by atoms with Crippen molar-refractivity contribution in [2.75, 3.05) is 25.1 Å². The van der Waals surface area contributed by atoms with Gasteiger partial charge in [-0.1, -0.05) is 18.8 Å². The fraction of sp³-hybridized carbons (Fsp3) is 0.355. The van der Waals surface area contributed by atoms with Gasteiger partial charge in [-0.2, -0.15) is 5.26 Å². The van der Waals surface area contributed by atoms with E-state index in [1.807, 2.05) is 25.1 Å². The van der Waals surface area contributed by atoms with E-state index >= 15 is 0 Å². The Balaban J connectivity index is 1.33. The summed E-state index contributed by atoms with van der Waals surface area (Å²) in [5.74, 6) is 6.28. The second-order valence-corrected chi connectivity index (χ2v) is 10.6. The average Bonchev–Trinajstić information content (AvgIpc) is 3.00. The fourth-order valence-corrected chi connectivity index (χ4v) is 5.21. The number of nitriles is 1. The number of aliphatic hydroxyl groups is 1. The molecule has 3 N–H and O–H groups in total. The first-order valence-corrected chi connectivity index (χ1v) is 13.5. The third-order valence-electron chi connectivity index (χ3n) is 7.74. The molecule has 0 saturated carbocycles. The number of nitrogens with two attached hydrogens (primary N) is 1. The molecule has 0 aliphatic carbocycles. The monoisotopic (exact) mass is 553 g/mol. The van der Waals surface area contributed by atoms with E-state index in [4.69, 9.17) is 15.5 Å². The van der Waals surface area contributed by atoms with Crippen molar-refractivity contribution in [2.24, 2.45) is 5.73 Å². The molecule has 3 aliphatic rings. The highest BCUT2D eigenvalue weighted by Crippen LogP contribution is 2.36. The summed E-state index contributed by atoms with van der Waals surface area (Å²) in [6.07, 6.45) is 7.83. The predicted octanol–water partition coefficient (Wildman–Crippen LogP) is 3.49. The molecule has 210 valence electrons. The Kier molecular flexibility index (Phi) is 7.89. The number of ether oxygens (including phenoxy) is 1. The molecule has 0 radical (unpaired) electrons. The summed E-state index contributed by atoms with van der Waals surface area (Å²) in [5, 5.41) is 19.9. The number of pyridine rings is 3. The van der Waals surface area contributed by atoms with E-state index in [0.717, 1.165) is 36.5 Å². The molecule has 0 spiro atoms. The molecule has 3 aromatic heterocycles. The summed E-state index contributed by atoms with van der Waals surface area (Å²) >= 11 is 0. The molecule has 3 aromatic rings. The maximum Gasteiger partial charge on any atom is 0.250 e. The highest BCUT2D eigenvalue weighted by atomic mass is 19.1. The fourth-order valence-electron chi connectivity index (χ4n) is 5.21. The number of piperidine rings is 1. The van der Waals surface area contributed by atoms with Crippen molar-refractivity contribution in [1.29, 1.82) is 5.26 Å². The number of hydrogen-bond donors (Lipinski definition) is 2. The van der Waals surface area contributed by atoms with Crippen LogP contribution in [0.25, 0.3) is 16.7 Å². The van der Waals surface area contributed by atoms with E-state index in [1.165, 1.54) is 19.4 Å². The van der Waals surface area contributed by atoms with Gasteiger partial charge in [0.05, 0.1) is 18.4 Å². The quantitative estimate of drug-likeness (QED) is 0.334. The van der Waals surface area contributed by atoms with E-state index in [-0.39, 0.29) is 11.5 Å². The number of allylic oxidation sites excluding steroid dienone is 1. The van der Waals surface area contributed by atoms with Gasteiger partial charge in [-0.3, -0.25) is 9.88 Å². The number of fused-ring (bicyclic) bond motifs is 2. The van der Waals surface area contributed by atoms with Crippen molar-refractivity contribution in [1.82, 2.24) is 19.9 Å². The zero-order chi connectivity index (χ0) is 29.1. The summed E-state index contributed by atoms with van der Waals surface area (Å²) < 4.78 is 19.0. The van der Waals surface area contributed by atoms with Gasteiger partial charge in [-0.15, -0.1) is 0 Å². The molecular weight excluding hydrogens is 521 g/mol. The Bertz CT molecular complexity index is 1560. The second kappa shape index (κ2) is 11.5. The lowest BCUT2D eigenvalue weighted by Gasteiger charge is -2.56. The van der Waals surface area contributed by atoms with Crippen molar-refractivity contribution in [3.63, 3.8) is 0 Å². The highest BCUT2D eigenvalue weighted by Gasteiger charge is 2.44. The first-order chi connectivity index (χ1) is 19.7. The van der Waals surface area contributed by atoms with Crippen molar-refractivity contribution >= 4 is 11.4 Å². The Hall–Kier alpha value is -4.51. The summed E-state index contributed by atoms with van der Waals surface area (Å²) in [7, 11) is 1.41. The number of hydrogen-bond acceptors (Lipinski definition) is 9. The van der Waals surface area contributed by atoms with E-state index in [1.54, 1.807) is 25.5 Å². The van der Waals surface area contributed by atoms with Crippen LogP contribution in [0, 0.1) is 29.0 Å². The Morgan fingerprint density at radius 1 is 1.22 bits per heavy atom. The van der Waals surface area contributed by atoms with Crippen molar-refractivity contribution in [2.45, 2.75) is 50.9 Å². The first kappa shape index (κ1) is 28.0. The molecule has 41 heavy (non-hydrogen) atoms. The van der Waals surface area contributed by atoms with Crippen LogP contribution < -0.4 is 15.4 Å². The third-order valence-corrected chi connectivity index (χ3v) is 7.74. The van der Waals surface area contributed by atoms with E-state index in [0.29, 0.717) is 41.9 Å². The molecule has 3 atom stereocenters. The van der Waals surface area contributed by atoms with Gasteiger partial charge >= 0.3 is 0 Å². The molecule has 10 heteroatoms. The van der Waals surface area contributed by atoms with Crippen molar-refractivity contribution < 1.29 is 14.2 Å².